The van der Waals surface area contributed by atoms with Crippen molar-refractivity contribution in [1.82, 2.24) is 15.5 Å². The lowest BCUT2D eigenvalue weighted by Gasteiger charge is -2.26. The van der Waals surface area contributed by atoms with E-state index in [4.69, 9.17) is 5.11 Å². The minimum Gasteiger partial charge on any atom is -0.381 e. The summed E-state index contributed by atoms with van der Waals surface area (Å²) in [6.07, 6.45) is 0. The van der Waals surface area contributed by atoms with Crippen molar-refractivity contribution in [2.45, 2.75) is 0 Å². The highest BCUT2D eigenvalue weighted by Gasteiger charge is 2.07. The van der Waals surface area contributed by atoms with Crippen LogP contribution in [0.5, 0.6) is 0 Å². The molecule has 11 heavy (non-hydrogen) atoms. The predicted octanol–water partition coefficient (Wildman–Crippen LogP) is -1.57. The highest BCUT2D eigenvalue weighted by atomic mass is 16.3. The highest BCUT2D eigenvalue weighted by molar-refractivity contribution is 4.67. The summed E-state index contributed by atoms with van der Waals surface area (Å²) in [7, 11) is 0. The van der Waals surface area contributed by atoms with E-state index in [1.807, 2.05) is 0 Å². The molecule has 0 atom stereocenters. The van der Waals surface area contributed by atoms with Crippen molar-refractivity contribution in [3.8, 4) is 0 Å². The molecule has 0 aromatic carbocycles. The highest BCUT2D eigenvalue weighted by Crippen LogP contribution is 1.89. The first-order valence-corrected chi connectivity index (χ1v) is 4.18. The summed E-state index contributed by atoms with van der Waals surface area (Å²) in [4.78, 5) is 2.39. The Balaban J connectivity index is 1.96. The van der Waals surface area contributed by atoms with Gasteiger partial charge in [0, 0.05) is 39.3 Å². The van der Waals surface area contributed by atoms with Crippen LogP contribution in [-0.2, 0) is 0 Å². The number of nitrogens with zero attached hydrogens (tertiary/aromatic N) is 1. The maximum atomic E-state index is 8.45. The molecule has 3 N–H and O–H groups in total. The molecular formula is C7H17N3O. The van der Waals surface area contributed by atoms with E-state index in [1.165, 1.54) is 0 Å². The Morgan fingerprint density at radius 2 is 2.09 bits per heavy atom. The van der Waals surface area contributed by atoms with E-state index in [-0.39, 0.29) is 6.73 Å². The first-order valence-electron chi connectivity index (χ1n) is 4.18. The van der Waals surface area contributed by atoms with E-state index >= 15 is 0 Å². The van der Waals surface area contributed by atoms with Gasteiger partial charge in [0.25, 0.3) is 0 Å². The SMILES string of the molecule is OCNCCN1CCNCC1. The molecule has 4 heteroatoms. The third kappa shape index (κ3) is 3.67. The third-order valence-electron chi connectivity index (χ3n) is 1.93. The number of nitrogens with one attached hydrogen (secondary N) is 2. The van der Waals surface area contributed by atoms with E-state index in [0.29, 0.717) is 0 Å². The molecule has 1 fully saturated rings. The predicted molar refractivity (Wildman–Crippen MR) is 44.4 cm³/mol. The van der Waals surface area contributed by atoms with Crippen LogP contribution >= 0.6 is 0 Å². The summed E-state index contributed by atoms with van der Waals surface area (Å²) >= 11 is 0. The van der Waals surface area contributed by atoms with Gasteiger partial charge in [-0.3, -0.25) is 10.2 Å². The number of hydrogen-bond donors (Lipinski definition) is 3. The Hall–Kier alpha value is -0.160. The normalized spacial score (nSPS) is 20.5. The molecule has 0 aliphatic carbocycles. The molecule has 1 saturated heterocycles. The molecule has 4 nitrogen and oxygen atoms in total. The molecule has 0 amide bonds. The smallest absolute Gasteiger partial charge is 0.0931 e. The van der Waals surface area contributed by atoms with Crippen LogP contribution in [0.2, 0.25) is 0 Å². The molecule has 1 rings (SSSR count). The molecule has 66 valence electrons. The number of aliphatic hydroxyl groups excluding tert-OH is 1. The summed E-state index contributed by atoms with van der Waals surface area (Å²) in [5, 5.41) is 14.6. The van der Waals surface area contributed by atoms with Crippen LogP contribution in [0.25, 0.3) is 0 Å². The van der Waals surface area contributed by atoms with E-state index in [0.717, 1.165) is 39.3 Å². The molecule has 0 aromatic rings. The number of aliphatic hydroxyl groups is 1. The van der Waals surface area contributed by atoms with Crippen LogP contribution in [0, 0.1) is 0 Å². The Morgan fingerprint density at radius 3 is 2.73 bits per heavy atom. The standard InChI is InChI=1S/C7H17N3O/c11-7-9-3-6-10-4-1-8-2-5-10/h8-9,11H,1-7H2. The van der Waals surface area contributed by atoms with Gasteiger partial charge in [-0.25, -0.2) is 0 Å². The fraction of sp³-hybridized carbons (Fsp3) is 1.00. The number of rotatable bonds is 4. The van der Waals surface area contributed by atoms with Gasteiger partial charge in [-0.05, 0) is 0 Å². The molecule has 0 unspecified atom stereocenters. The van der Waals surface area contributed by atoms with Crippen LogP contribution in [0.1, 0.15) is 0 Å². The van der Waals surface area contributed by atoms with Gasteiger partial charge in [0.15, 0.2) is 0 Å². The van der Waals surface area contributed by atoms with Gasteiger partial charge in [-0.15, -0.1) is 0 Å². The molecule has 1 aliphatic rings. The van der Waals surface area contributed by atoms with Crippen LogP contribution in [0.15, 0.2) is 0 Å². The molecular weight excluding hydrogens is 142 g/mol. The molecule has 0 saturated carbocycles. The lowest BCUT2D eigenvalue weighted by molar-refractivity contribution is 0.217. The number of hydrogen-bond acceptors (Lipinski definition) is 4. The van der Waals surface area contributed by atoms with Gasteiger partial charge < -0.3 is 10.4 Å². The molecule has 1 aliphatic heterocycles. The Labute approximate surface area is 67.6 Å². The van der Waals surface area contributed by atoms with Gasteiger partial charge in [-0.2, -0.15) is 0 Å². The van der Waals surface area contributed by atoms with Crippen LogP contribution < -0.4 is 10.6 Å². The fourth-order valence-corrected chi connectivity index (χ4v) is 1.25. The third-order valence-corrected chi connectivity index (χ3v) is 1.93. The van der Waals surface area contributed by atoms with Crippen LogP contribution in [0.3, 0.4) is 0 Å². The van der Waals surface area contributed by atoms with Crippen molar-refractivity contribution >= 4 is 0 Å². The molecule has 0 spiro atoms. The van der Waals surface area contributed by atoms with Gasteiger partial charge in [0.1, 0.15) is 0 Å². The number of piperazine rings is 1. The lowest BCUT2D eigenvalue weighted by Crippen LogP contribution is -2.45. The minimum absolute atomic E-state index is 0.0894. The van der Waals surface area contributed by atoms with E-state index < -0.39 is 0 Å². The van der Waals surface area contributed by atoms with Crippen molar-refractivity contribution in [1.29, 1.82) is 0 Å². The van der Waals surface area contributed by atoms with E-state index in [2.05, 4.69) is 15.5 Å². The first kappa shape index (κ1) is 8.93. The topological polar surface area (TPSA) is 47.5 Å². The lowest BCUT2D eigenvalue weighted by atomic mass is 10.3. The summed E-state index contributed by atoms with van der Waals surface area (Å²) in [6, 6.07) is 0. The van der Waals surface area contributed by atoms with Gasteiger partial charge in [0.2, 0.25) is 0 Å². The van der Waals surface area contributed by atoms with Crippen molar-refractivity contribution in [2.75, 3.05) is 46.0 Å². The molecule has 0 radical (unpaired) electrons. The summed E-state index contributed by atoms with van der Waals surface area (Å²) < 4.78 is 0. The maximum absolute atomic E-state index is 8.45. The van der Waals surface area contributed by atoms with Crippen molar-refractivity contribution in [2.24, 2.45) is 0 Å². The summed E-state index contributed by atoms with van der Waals surface area (Å²) in [6.45, 7) is 6.48. The first-order chi connectivity index (χ1) is 5.43. The van der Waals surface area contributed by atoms with Gasteiger partial charge >= 0.3 is 0 Å². The quantitative estimate of drug-likeness (QED) is 0.343. The average Bonchev–Trinajstić information content (AvgIpc) is 2.07. The van der Waals surface area contributed by atoms with Crippen molar-refractivity contribution < 1.29 is 5.11 Å². The zero-order chi connectivity index (χ0) is 7.94. The Kier molecular flexibility index (Phi) is 4.45. The van der Waals surface area contributed by atoms with Crippen LogP contribution in [-0.4, -0.2) is 56.0 Å². The van der Waals surface area contributed by atoms with E-state index in [1.54, 1.807) is 0 Å². The minimum atomic E-state index is 0.0894. The fourth-order valence-electron chi connectivity index (χ4n) is 1.25. The summed E-state index contributed by atoms with van der Waals surface area (Å²) in [5.41, 5.74) is 0. The molecule has 1 heterocycles. The zero-order valence-electron chi connectivity index (χ0n) is 6.84. The van der Waals surface area contributed by atoms with Gasteiger partial charge in [-0.1, -0.05) is 0 Å². The second-order valence-corrected chi connectivity index (χ2v) is 2.75. The molecule has 0 bridgehead atoms. The Morgan fingerprint density at radius 1 is 1.36 bits per heavy atom. The Bertz CT molecular complexity index is 93.7. The average molecular weight is 159 g/mol. The van der Waals surface area contributed by atoms with E-state index in [9.17, 15) is 0 Å². The summed E-state index contributed by atoms with van der Waals surface area (Å²) in [5.74, 6) is 0. The second kappa shape index (κ2) is 5.49. The second-order valence-electron chi connectivity index (χ2n) is 2.75. The largest absolute Gasteiger partial charge is 0.381 e. The maximum Gasteiger partial charge on any atom is 0.0931 e. The van der Waals surface area contributed by atoms with Crippen molar-refractivity contribution in [3.05, 3.63) is 0 Å². The van der Waals surface area contributed by atoms with Gasteiger partial charge in [0.05, 0.1) is 6.73 Å². The van der Waals surface area contributed by atoms with Crippen molar-refractivity contribution in [3.63, 3.8) is 0 Å². The van der Waals surface area contributed by atoms with Crippen LogP contribution in [0.4, 0.5) is 0 Å². The zero-order valence-corrected chi connectivity index (χ0v) is 6.84. The molecule has 0 aromatic heterocycles. The monoisotopic (exact) mass is 159 g/mol.